The van der Waals surface area contributed by atoms with E-state index in [0.717, 1.165) is 28.8 Å². The van der Waals surface area contributed by atoms with E-state index in [-0.39, 0.29) is 5.82 Å². The molecule has 6 aromatic carbocycles. The van der Waals surface area contributed by atoms with Gasteiger partial charge in [-0.1, -0.05) is 72.8 Å². The Bertz CT molecular complexity index is 3800. The van der Waals surface area contributed by atoms with Gasteiger partial charge < -0.3 is 0 Å². The minimum absolute atomic E-state index is 0.187. The van der Waals surface area contributed by atoms with Crippen molar-refractivity contribution in [1.82, 2.24) is 22.8 Å². The molecule has 0 spiro atoms. The Hall–Kier alpha value is -8.84. The van der Waals surface area contributed by atoms with Crippen molar-refractivity contribution in [1.29, 1.82) is 0 Å². The van der Waals surface area contributed by atoms with Crippen molar-refractivity contribution in [3.05, 3.63) is 240 Å². The van der Waals surface area contributed by atoms with Crippen molar-refractivity contribution >= 4 is 0 Å². The van der Waals surface area contributed by atoms with Gasteiger partial charge in [0.05, 0.1) is 85.7 Å². The summed E-state index contributed by atoms with van der Waals surface area (Å²) in [5.41, 5.74) is 14.6. The zero-order valence-electron chi connectivity index (χ0n) is 49.4. The van der Waals surface area contributed by atoms with Crippen molar-refractivity contribution in [2.45, 2.75) is 48.5 Å². The Morgan fingerprint density at radius 3 is 1.19 bits per heavy atom. The lowest BCUT2D eigenvalue weighted by Crippen LogP contribution is -2.32. The first kappa shape index (κ1) is 58.8. The Morgan fingerprint density at radius 2 is 0.762 bits per heavy atom. The minimum atomic E-state index is -0.546. The molecule has 11 rings (SSSR count). The Kier molecular flexibility index (Phi) is 18.9. The van der Waals surface area contributed by atoms with Crippen LogP contribution in [0.1, 0.15) is 39.2 Å². The normalized spacial score (nSPS) is 10.7. The number of nitrogens with zero attached hydrogens (tertiary/aromatic N) is 10. The molecule has 10 nitrogen and oxygen atoms in total. The molecule has 0 bridgehead atoms. The average molecular weight is 1080 g/mol. The summed E-state index contributed by atoms with van der Waals surface area (Å²) in [4.78, 5) is 0. The molecule has 5 heterocycles. The zero-order chi connectivity index (χ0) is 58.1. The molecule has 0 amide bonds. The molecule has 11 aromatic rings. The lowest BCUT2D eigenvalue weighted by molar-refractivity contribution is -0.665. The number of imidazole rings is 5. The van der Waals surface area contributed by atoms with Gasteiger partial charge in [0.1, 0.15) is 89.7 Å². The van der Waals surface area contributed by atoms with Gasteiger partial charge in [0.2, 0.25) is 0 Å². The van der Waals surface area contributed by atoms with Gasteiger partial charge in [0, 0.05) is 19.9 Å². The van der Waals surface area contributed by atoms with E-state index in [1.54, 1.807) is 13.0 Å². The number of halogens is 3. The van der Waals surface area contributed by atoms with Gasteiger partial charge >= 0.3 is 0 Å². The van der Waals surface area contributed by atoms with Crippen molar-refractivity contribution in [2.24, 2.45) is 63.4 Å². The fourth-order valence-electron chi connectivity index (χ4n) is 10.2. The van der Waals surface area contributed by atoms with Gasteiger partial charge in [0.25, 0.3) is 29.1 Å². The van der Waals surface area contributed by atoms with Crippen molar-refractivity contribution in [2.75, 3.05) is 0 Å². The van der Waals surface area contributed by atoms with Crippen LogP contribution in [0.4, 0.5) is 13.2 Å². The van der Waals surface area contributed by atoms with E-state index in [1.165, 1.54) is 80.1 Å². The Balaban J connectivity index is 0.000000145. The standard InChI is InChI=1S/C17H17N2.C14H19N2.C12H13F2N2.C12H14FN2.C12H15N2/c1-14-8-6-7-11-16(14)17-18(2)12-13-19(17)15-9-4-3-5-10-15;1-10-8-6-7-9-13(10)14-15(4)11(2)12(3)16(14)5;1-8-6-9(13)7-10(14)11(8)12-15(2)4-5-16(12)3;1-9-8-10(13)4-5-11(9)12-14(2)6-7-15(12)3;1-10-6-4-5-7-11(10)12-13(2)8-9-14(12)3/h3-13H,1-2H3;6-9H,1-5H3;4-7H,1-3H3;4-8H,1-3H3;4-9H,1-3H3/q5*+1. The molecule has 0 unspecified atom stereocenters. The molecule has 13 heteroatoms. The lowest BCUT2D eigenvalue weighted by Gasteiger charge is -2.05. The van der Waals surface area contributed by atoms with Gasteiger partial charge in [-0.05, 0) is 117 Å². The summed E-state index contributed by atoms with van der Waals surface area (Å²) in [6.07, 6.45) is 16.0. The highest BCUT2D eigenvalue weighted by Crippen LogP contribution is 2.27. The second-order valence-corrected chi connectivity index (χ2v) is 20.6. The molecule has 0 N–H and O–H groups in total. The van der Waals surface area contributed by atoms with Crippen LogP contribution in [0.15, 0.2) is 183 Å². The number of aryl methyl sites for hydroxylation is 12. The van der Waals surface area contributed by atoms with E-state index in [0.29, 0.717) is 11.1 Å². The first-order valence-electron chi connectivity index (χ1n) is 26.7. The number of hydrogen-bond donors (Lipinski definition) is 0. The van der Waals surface area contributed by atoms with Crippen molar-refractivity contribution in [3.8, 4) is 62.6 Å². The SMILES string of the molecule is Cc1cc(F)cc(F)c1-c1n(C)cc[n+]1C.Cc1cc(F)ccc1-c1n(C)cc[n+]1C.Cc1ccccc1-c1n(-c2ccccc2)cc[n+]1C.Cc1ccccc1-c1n(C)c(C)c(C)[n+]1C.Cc1ccccc1-c1n(C)cc[n+]1C. The molecule has 412 valence electrons. The second kappa shape index (κ2) is 25.7. The number of rotatable bonds is 6. The van der Waals surface area contributed by atoms with E-state index >= 15 is 0 Å². The van der Waals surface area contributed by atoms with Crippen LogP contribution in [0.25, 0.3) is 62.6 Å². The van der Waals surface area contributed by atoms with Gasteiger partial charge in [-0.3, -0.25) is 0 Å². The van der Waals surface area contributed by atoms with Crippen molar-refractivity contribution in [3.63, 3.8) is 0 Å². The summed E-state index contributed by atoms with van der Waals surface area (Å²) in [6, 6.07) is 43.0. The van der Waals surface area contributed by atoms with Crippen LogP contribution < -0.4 is 22.8 Å². The van der Waals surface area contributed by atoms with Crippen LogP contribution in [0.5, 0.6) is 0 Å². The quantitative estimate of drug-likeness (QED) is 0.149. The highest BCUT2D eigenvalue weighted by atomic mass is 19.1. The minimum Gasteiger partial charge on any atom is -0.233 e. The summed E-state index contributed by atoms with van der Waals surface area (Å²) in [7, 11) is 18.1. The summed E-state index contributed by atoms with van der Waals surface area (Å²) < 4.78 is 60.6. The molecule has 0 aliphatic carbocycles. The number of hydrogen-bond acceptors (Lipinski definition) is 0. The summed E-state index contributed by atoms with van der Waals surface area (Å²) in [6.45, 7) is 14.4. The third kappa shape index (κ3) is 13.0. The number of para-hydroxylation sites is 1. The third-order valence-electron chi connectivity index (χ3n) is 14.8. The fourth-order valence-corrected chi connectivity index (χ4v) is 10.2. The smallest absolute Gasteiger partial charge is 0.233 e. The topological polar surface area (TPSA) is 44.0 Å². The molecule has 0 aliphatic rings. The number of benzene rings is 6. The van der Waals surface area contributed by atoms with E-state index < -0.39 is 11.6 Å². The molecule has 0 aliphatic heterocycles. The summed E-state index contributed by atoms with van der Waals surface area (Å²) in [5.74, 6) is 4.24. The number of aromatic nitrogens is 10. The molecule has 0 fully saturated rings. The fraction of sp³-hybridized carbons (Fsp3) is 0.239. The highest BCUT2D eigenvalue weighted by Gasteiger charge is 2.25. The van der Waals surface area contributed by atoms with Crippen LogP contribution in [-0.4, -0.2) is 22.8 Å². The average Bonchev–Trinajstić information content (AvgIpc) is 4.25. The van der Waals surface area contributed by atoms with Crippen molar-refractivity contribution < 1.29 is 36.0 Å². The molecule has 0 saturated carbocycles. The predicted molar refractivity (Wildman–Crippen MR) is 314 cm³/mol. The second-order valence-electron chi connectivity index (χ2n) is 20.6. The summed E-state index contributed by atoms with van der Waals surface area (Å²) in [5, 5.41) is 0. The Labute approximate surface area is 471 Å². The summed E-state index contributed by atoms with van der Waals surface area (Å²) >= 11 is 0. The first-order valence-corrected chi connectivity index (χ1v) is 26.7. The predicted octanol–water partition coefficient (Wildman–Crippen LogP) is 11.6. The molecule has 0 radical (unpaired) electrons. The van der Waals surface area contributed by atoms with Crippen LogP contribution in [0.2, 0.25) is 0 Å². The van der Waals surface area contributed by atoms with Gasteiger partial charge in [-0.15, -0.1) is 0 Å². The molecule has 80 heavy (non-hydrogen) atoms. The first-order chi connectivity index (χ1) is 38.1. The molecule has 0 atom stereocenters. The highest BCUT2D eigenvalue weighted by molar-refractivity contribution is 5.62. The largest absolute Gasteiger partial charge is 0.294 e. The molecule has 5 aromatic heterocycles. The van der Waals surface area contributed by atoms with Gasteiger partial charge in [-0.25, -0.2) is 54.3 Å². The third-order valence-corrected chi connectivity index (χ3v) is 14.8. The molecule has 0 saturated heterocycles. The zero-order valence-corrected chi connectivity index (χ0v) is 49.4. The Morgan fingerprint density at radius 1 is 0.362 bits per heavy atom. The maximum Gasteiger partial charge on any atom is 0.294 e. The van der Waals surface area contributed by atoms with Crippen LogP contribution in [0, 0.1) is 65.9 Å². The maximum absolute atomic E-state index is 13.8. The van der Waals surface area contributed by atoms with Crippen LogP contribution in [-0.2, 0) is 63.4 Å². The van der Waals surface area contributed by atoms with E-state index in [1.807, 2.05) is 90.3 Å². The lowest BCUT2D eigenvalue weighted by atomic mass is 10.1. The van der Waals surface area contributed by atoms with Crippen LogP contribution >= 0.6 is 0 Å². The maximum atomic E-state index is 13.8. The van der Waals surface area contributed by atoms with Crippen LogP contribution in [0.3, 0.4) is 0 Å². The molecular formula is C67H78F3N10+5. The van der Waals surface area contributed by atoms with E-state index in [9.17, 15) is 13.2 Å². The van der Waals surface area contributed by atoms with E-state index in [2.05, 4.69) is 219 Å². The van der Waals surface area contributed by atoms with E-state index in [4.69, 9.17) is 0 Å². The molecular weight excluding hydrogens is 1000 g/mol. The van der Waals surface area contributed by atoms with Gasteiger partial charge in [0.15, 0.2) is 0 Å². The monoisotopic (exact) mass is 1080 g/mol. The van der Waals surface area contributed by atoms with Gasteiger partial charge in [-0.2, -0.15) is 4.57 Å².